The van der Waals surface area contributed by atoms with Crippen LogP contribution in [-0.4, -0.2) is 49.7 Å². The molecule has 1 aliphatic carbocycles. The van der Waals surface area contributed by atoms with Crippen molar-refractivity contribution in [3.63, 3.8) is 0 Å². The fourth-order valence-electron chi connectivity index (χ4n) is 3.15. The van der Waals surface area contributed by atoms with E-state index in [2.05, 4.69) is 24.1 Å². The third kappa shape index (κ3) is 5.06. The van der Waals surface area contributed by atoms with Crippen molar-refractivity contribution in [3.05, 3.63) is 0 Å². The Bertz CT molecular complexity index is 270. The average molecular weight is 284 g/mol. The number of hydrogen-bond acceptors (Lipinski definition) is 4. The van der Waals surface area contributed by atoms with Crippen LogP contribution in [-0.2, 0) is 9.53 Å². The van der Waals surface area contributed by atoms with Crippen molar-refractivity contribution in [1.82, 2.24) is 10.2 Å². The fraction of sp³-hybridized carbons (Fsp3) is 0.938. The molecule has 4 nitrogen and oxygen atoms in total. The Kier molecular flexibility index (Phi) is 8.15. The van der Waals surface area contributed by atoms with E-state index in [-0.39, 0.29) is 5.97 Å². The number of ether oxygens (including phenoxy) is 1. The van der Waals surface area contributed by atoms with Crippen LogP contribution in [0, 0.1) is 0 Å². The largest absolute Gasteiger partial charge is 0.468 e. The number of carbonyl (C=O) groups excluding carboxylic acids is 1. The van der Waals surface area contributed by atoms with Crippen molar-refractivity contribution in [2.45, 2.75) is 64.3 Å². The first-order chi connectivity index (χ1) is 9.68. The molecule has 118 valence electrons. The highest BCUT2D eigenvalue weighted by molar-refractivity contribution is 5.80. The molecule has 4 heteroatoms. The van der Waals surface area contributed by atoms with E-state index in [0.717, 1.165) is 51.9 Å². The Morgan fingerprint density at radius 3 is 2.15 bits per heavy atom. The van der Waals surface area contributed by atoms with Crippen molar-refractivity contribution < 1.29 is 9.53 Å². The van der Waals surface area contributed by atoms with E-state index < -0.39 is 5.54 Å². The van der Waals surface area contributed by atoms with Crippen LogP contribution in [0.3, 0.4) is 0 Å². The van der Waals surface area contributed by atoms with Crippen molar-refractivity contribution in [1.29, 1.82) is 0 Å². The number of esters is 1. The highest BCUT2D eigenvalue weighted by Gasteiger charge is 2.38. The lowest BCUT2D eigenvalue weighted by Gasteiger charge is -2.34. The number of hydrogen-bond donors (Lipinski definition) is 1. The molecular formula is C16H32N2O2. The normalized spacial score (nSPS) is 19.4. The number of methoxy groups -OCH3 is 1. The van der Waals surface area contributed by atoms with Gasteiger partial charge in [0, 0.05) is 13.1 Å². The molecule has 0 atom stereocenters. The summed E-state index contributed by atoms with van der Waals surface area (Å²) in [6.07, 6.45) is 7.83. The lowest BCUT2D eigenvalue weighted by molar-refractivity contribution is -0.149. The first-order valence-corrected chi connectivity index (χ1v) is 8.24. The number of carbonyl (C=O) groups is 1. The maximum absolute atomic E-state index is 12.3. The Balaban J connectivity index is 2.59. The minimum Gasteiger partial charge on any atom is -0.468 e. The van der Waals surface area contributed by atoms with Crippen molar-refractivity contribution >= 4 is 5.97 Å². The molecule has 20 heavy (non-hydrogen) atoms. The van der Waals surface area contributed by atoms with Crippen molar-refractivity contribution in [3.8, 4) is 0 Å². The summed E-state index contributed by atoms with van der Waals surface area (Å²) in [4.78, 5) is 14.6. The first-order valence-electron chi connectivity index (χ1n) is 8.24. The van der Waals surface area contributed by atoms with Gasteiger partial charge in [-0.2, -0.15) is 0 Å². The van der Waals surface area contributed by atoms with Crippen LogP contribution in [0.15, 0.2) is 0 Å². The highest BCUT2D eigenvalue weighted by Crippen LogP contribution is 2.27. The summed E-state index contributed by atoms with van der Waals surface area (Å²) in [5.74, 6) is -0.0704. The average Bonchev–Trinajstić information content (AvgIpc) is 2.45. The molecule has 0 spiro atoms. The minimum atomic E-state index is -0.442. The molecule has 0 aromatic rings. The fourth-order valence-corrected chi connectivity index (χ4v) is 3.15. The zero-order valence-electron chi connectivity index (χ0n) is 13.5. The van der Waals surface area contributed by atoms with Crippen LogP contribution < -0.4 is 5.32 Å². The Labute approximate surface area is 124 Å². The molecule has 1 fully saturated rings. The molecule has 0 aliphatic heterocycles. The molecule has 0 radical (unpaired) electrons. The second-order valence-corrected chi connectivity index (χ2v) is 5.80. The van der Waals surface area contributed by atoms with Crippen LogP contribution in [0.1, 0.15) is 58.8 Å². The predicted molar refractivity (Wildman–Crippen MR) is 82.9 cm³/mol. The zero-order valence-corrected chi connectivity index (χ0v) is 13.5. The van der Waals surface area contributed by atoms with E-state index in [1.54, 1.807) is 0 Å². The lowest BCUT2D eigenvalue weighted by Crippen LogP contribution is -2.54. The Morgan fingerprint density at radius 1 is 1.10 bits per heavy atom. The van der Waals surface area contributed by atoms with Gasteiger partial charge in [0.2, 0.25) is 0 Å². The molecule has 0 bridgehead atoms. The second kappa shape index (κ2) is 9.35. The maximum Gasteiger partial charge on any atom is 0.326 e. The molecule has 1 saturated carbocycles. The molecule has 1 aliphatic rings. The summed E-state index contributed by atoms with van der Waals surface area (Å²) in [6, 6.07) is 0. The van der Waals surface area contributed by atoms with Crippen LogP contribution in [0.25, 0.3) is 0 Å². The van der Waals surface area contributed by atoms with Gasteiger partial charge in [-0.1, -0.05) is 46.0 Å². The number of nitrogens with zero attached hydrogens (tertiary/aromatic N) is 1. The monoisotopic (exact) mass is 284 g/mol. The molecule has 0 unspecified atom stereocenters. The predicted octanol–water partition coefficient (Wildman–Crippen LogP) is 2.57. The van der Waals surface area contributed by atoms with Gasteiger partial charge in [0.25, 0.3) is 0 Å². The first kappa shape index (κ1) is 17.4. The smallest absolute Gasteiger partial charge is 0.326 e. The van der Waals surface area contributed by atoms with Gasteiger partial charge in [0.15, 0.2) is 0 Å². The van der Waals surface area contributed by atoms with Crippen LogP contribution in [0.5, 0.6) is 0 Å². The van der Waals surface area contributed by atoms with Gasteiger partial charge in [-0.15, -0.1) is 0 Å². The van der Waals surface area contributed by atoms with Gasteiger partial charge in [0.1, 0.15) is 5.54 Å². The van der Waals surface area contributed by atoms with E-state index >= 15 is 0 Å². The van der Waals surface area contributed by atoms with E-state index in [1.165, 1.54) is 26.4 Å². The van der Waals surface area contributed by atoms with Crippen molar-refractivity contribution in [2.24, 2.45) is 0 Å². The van der Waals surface area contributed by atoms with Gasteiger partial charge in [-0.3, -0.25) is 4.79 Å². The molecule has 0 saturated heterocycles. The minimum absolute atomic E-state index is 0.0704. The summed E-state index contributed by atoms with van der Waals surface area (Å²) in [5, 5.41) is 3.54. The third-order valence-electron chi connectivity index (χ3n) is 4.57. The molecular weight excluding hydrogens is 252 g/mol. The Hall–Kier alpha value is -0.610. The quantitative estimate of drug-likeness (QED) is 0.730. The number of nitrogens with one attached hydrogen (secondary N) is 1. The third-order valence-corrected chi connectivity index (χ3v) is 4.57. The van der Waals surface area contributed by atoms with E-state index in [9.17, 15) is 4.79 Å². The van der Waals surface area contributed by atoms with E-state index in [0.29, 0.717) is 0 Å². The molecule has 1 rings (SSSR count). The van der Waals surface area contributed by atoms with Gasteiger partial charge < -0.3 is 15.0 Å². The maximum atomic E-state index is 12.3. The summed E-state index contributed by atoms with van der Waals surface area (Å²) in [6.45, 7) is 8.32. The second-order valence-electron chi connectivity index (χ2n) is 5.80. The summed E-state index contributed by atoms with van der Waals surface area (Å²) < 4.78 is 5.08. The van der Waals surface area contributed by atoms with Crippen LogP contribution >= 0.6 is 0 Å². The topological polar surface area (TPSA) is 41.6 Å². The molecule has 0 aromatic carbocycles. The number of likely N-dealkylation sites (N-methyl/N-ethyl adjacent to an activating group) is 1. The van der Waals surface area contributed by atoms with E-state index in [1.807, 2.05) is 0 Å². The van der Waals surface area contributed by atoms with Gasteiger partial charge in [-0.25, -0.2) is 0 Å². The Morgan fingerprint density at radius 2 is 1.65 bits per heavy atom. The summed E-state index contributed by atoms with van der Waals surface area (Å²) in [5.41, 5.74) is -0.442. The van der Waals surface area contributed by atoms with E-state index in [4.69, 9.17) is 4.74 Å². The standard InChI is InChI=1S/C16H32N2O2/c1-4-18(5-2)14-13-17-16(15(19)20-3)11-9-7-6-8-10-12-16/h17H,4-14H2,1-3H3. The SMILES string of the molecule is CCN(CC)CCNC1(C(=O)OC)CCCCCCC1. The molecule has 0 heterocycles. The summed E-state index contributed by atoms with van der Waals surface area (Å²) >= 11 is 0. The van der Waals surface area contributed by atoms with Crippen LogP contribution in [0.4, 0.5) is 0 Å². The summed E-state index contributed by atoms with van der Waals surface area (Å²) in [7, 11) is 1.51. The zero-order chi connectivity index (χ0) is 14.8. The molecule has 0 amide bonds. The van der Waals surface area contributed by atoms with Gasteiger partial charge >= 0.3 is 5.97 Å². The number of rotatable bonds is 7. The molecule has 0 aromatic heterocycles. The van der Waals surface area contributed by atoms with Gasteiger partial charge in [-0.05, 0) is 25.9 Å². The lowest BCUT2D eigenvalue weighted by atomic mass is 9.84. The molecule has 1 N–H and O–H groups in total. The van der Waals surface area contributed by atoms with Gasteiger partial charge in [0.05, 0.1) is 7.11 Å². The highest BCUT2D eigenvalue weighted by atomic mass is 16.5. The van der Waals surface area contributed by atoms with Crippen molar-refractivity contribution in [2.75, 3.05) is 33.3 Å². The van der Waals surface area contributed by atoms with Crippen LogP contribution in [0.2, 0.25) is 0 Å².